The zero-order chi connectivity index (χ0) is 14.1. The van der Waals surface area contributed by atoms with Crippen LogP contribution in [-0.4, -0.2) is 57.2 Å². The van der Waals surface area contributed by atoms with Gasteiger partial charge in [-0.25, -0.2) is 0 Å². The number of aromatic nitrogens is 4. The molecule has 1 aliphatic rings. The van der Waals surface area contributed by atoms with Crippen LogP contribution >= 0.6 is 0 Å². The Kier molecular flexibility index (Phi) is 3.13. The fourth-order valence-corrected chi connectivity index (χ4v) is 2.30. The van der Waals surface area contributed by atoms with Gasteiger partial charge in [-0.05, 0) is 13.3 Å². The quantitative estimate of drug-likeness (QED) is 0.748. The summed E-state index contributed by atoms with van der Waals surface area (Å²) in [6.07, 6.45) is 2.44. The van der Waals surface area contributed by atoms with Gasteiger partial charge in [0.1, 0.15) is 11.9 Å². The Hall–Kier alpha value is -2.38. The van der Waals surface area contributed by atoms with Crippen molar-refractivity contribution in [1.82, 2.24) is 25.1 Å². The number of fused-ring (bicyclic) bond motifs is 1. The van der Waals surface area contributed by atoms with Crippen molar-refractivity contribution in [3.05, 3.63) is 6.20 Å². The first-order chi connectivity index (χ1) is 9.69. The SMILES string of the molecule is CCNc1nc(NC2CCN(C)C2=O)c2cn[nH]c2n1. The van der Waals surface area contributed by atoms with E-state index in [0.717, 1.165) is 24.9 Å². The van der Waals surface area contributed by atoms with Crippen LogP contribution in [0.15, 0.2) is 6.20 Å². The van der Waals surface area contributed by atoms with E-state index in [1.54, 1.807) is 11.1 Å². The summed E-state index contributed by atoms with van der Waals surface area (Å²) in [4.78, 5) is 22.4. The largest absolute Gasteiger partial charge is 0.358 e. The third kappa shape index (κ3) is 2.13. The number of hydrogen-bond acceptors (Lipinski definition) is 6. The van der Waals surface area contributed by atoms with E-state index in [1.165, 1.54) is 0 Å². The van der Waals surface area contributed by atoms with Crippen molar-refractivity contribution in [2.24, 2.45) is 0 Å². The van der Waals surface area contributed by atoms with E-state index in [9.17, 15) is 4.79 Å². The highest BCUT2D eigenvalue weighted by Crippen LogP contribution is 2.23. The number of likely N-dealkylation sites (tertiary alicyclic amines) is 1. The molecular formula is C12H17N7O. The fourth-order valence-electron chi connectivity index (χ4n) is 2.30. The summed E-state index contributed by atoms with van der Waals surface area (Å²) in [5.41, 5.74) is 0.650. The zero-order valence-electron chi connectivity index (χ0n) is 11.5. The van der Waals surface area contributed by atoms with Gasteiger partial charge in [0.2, 0.25) is 11.9 Å². The normalized spacial score (nSPS) is 18.8. The van der Waals surface area contributed by atoms with E-state index in [2.05, 4.69) is 30.8 Å². The van der Waals surface area contributed by atoms with Crippen molar-refractivity contribution in [3.8, 4) is 0 Å². The number of likely N-dealkylation sites (N-methyl/N-ethyl adjacent to an activating group) is 1. The first-order valence-corrected chi connectivity index (χ1v) is 6.65. The standard InChI is InChI=1S/C12H17N7O/c1-3-13-12-16-9(7-6-14-18-10(7)17-12)15-8-4-5-19(2)11(8)20/h6,8H,3-5H2,1-2H3,(H3,13,14,15,16,17,18). The van der Waals surface area contributed by atoms with Crippen LogP contribution in [0.1, 0.15) is 13.3 Å². The molecule has 3 heterocycles. The van der Waals surface area contributed by atoms with Crippen LogP contribution in [0.3, 0.4) is 0 Å². The van der Waals surface area contributed by atoms with Crippen molar-refractivity contribution >= 4 is 28.7 Å². The molecule has 0 saturated carbocycles. The van der Waals surface area contributed by atoms with Gasteiger partial charge in [-0.15, -0.1) is 0 Å². The predicted octanol–water partition coefficient (Wildman–Crippen LogP) is 0.427. The minimum atomic E-state index is -0.234. The molecule has 0 radical (unpaired) electrons. The fraction of sp³-hybridized carbons (Fsp3) is 0.500. The Morgan fingerprint density at radius 1 is 1.50 bits per heavy atom. The molecule has 2 aromatic heterocycles. The number of anilines is 2. The Labute approximate surface area is 116 Å². The molecule has 0 aromatic carbocycles. The van der Waals surface area contributed by atoms with Gasteiger partial charge in [-0.1, -0.05) is 0 Å². The van der Waals surface area contributed by atoms with Gasteiger partial charge in [0.15, 0.2) is 5.65 Å². The maximum Gasteiger partial charge on any atom is 0.244 e. The van der Waals surface area contributed by atoms with E-state index >= 15 is 0 Å². The minimum absolute atomic E-state index is 0.0882. The molecule has 1 fully saturated rings. The van der Waals surface area contributed by atoms with Crippen LogP contribution in [0.25, 0.3) is 11.0 Å². The number of carbonyl (C=O) groups is 1. The molecule has 0 aliphatic carbocycles. The number of H-pyrrole nitrogens is 1. The Bertz CT molecular complexity index is 638. The molecule has 1 aliphatic heterocycles. The summed E-state index contributed by atoms with van der Waals surface area (Å²) >= 11 is 0. The number of nitrogens with zero attached hydrogens (tertiary/aromatic N) is 4. The Balaban J connectivity index is 1.93. The number of aromatic amines is 1. The van der Waals surface area contributed by atoms with E-state index < -0.39 is 0 Å². The first kappa shape index (κ1) is 12.6. The van der Waals surface area contributed by atoms with Gasteiger partial charge in [-0.3, -0.25) is 9.89 Å². The second kappa shape index (κ2) is 4.95. The van der Waals surface area contributed by atoms with Crippen molar-refractivity contribution < 1.29 is 4.79 Å². The maximum atomic E-state index is 12.0. The van der Waals surface area contributed by atoms with Crippen LogP contribution in [0.2, 0.25) is 0 Å². The second-order valence-corrected chi connectivity index (χ2v) is 4.80. The number of hydrogen-bond donors (Lipinski definition) is 3. The van der Waals surface area contributed by atoms with Crippen molar-refractivity contribution in [3.63, 3.8) is 0 Å². The average Bonchev–Trinajstić information content (AvgIpc) is 3.01. The molecule has 3 N–H and O–H groups in total. The monoisotopic (exact) mass is 275 g/mol. The van der Waals surface area contributed by atoms with Crippen LogP contribution < -0.4 is 10.6 Å². The molecule has 8 nitrogen and oxygen atoms in total. The van der Waals surface area contributed by atoms with Gasteiger partial charge in [0.05, 0.1) is 11.6 Å². The lowest BCUT2D eigenvalue weighted by atomic mass is 10.2. The van der Waals surface area contributed by atoms with Gasteiger partial charge in [0, 0.05) is 20.1 Å². The van der Waals surface area contributed by atoms with E-state index in [4.69, 9.17) is 0 Å². The summed E-state index contributed by atoms with van der Waals surface area (Å²) in [5, 5.41) is 13.9. The van der Waals surface area contributed by atoms with Crippen molar-refractivity contribution in [2.45, 2.75) is 19.4 Å². The molecule has 8 heteroatoms. The molecule has 3 rings (SSSR count). The molecule has 1 amide bonds. The first-order valence-electron chi connectivity index (χ1n) is 6.65. The van der Waals surface area contributed by atoms with E-state index in [1.807, 2.05) is 14.0 Å². The lowest BCUT2D eigenvalue weighted by Gasteiger charge is -2.14. The summed E-state index contributed by atoms with van der Waals surface area (Å²) in [6.45, 7) is 3.46. The number of nitrogens with one attached hydrogen (secondary N) is 3. The molecule has 1 saturated heterocycles. The van der Waals surface area contributed by atoms with Gasteiger partial charge >= 0.3 is 0 Å². The summed E-state index contributed by atoms with van der Waals surface area (Å²) in [6, 6.07) is -0.234. The summed E-state index contributed by atoms with van der Waals surface area (Å²) < 4.78 is 0. The highest BCUT2D eigenvalue weighted by atomic mass is 16.2. The molecule has 0 spiro atoms. The van der Waals surface area contributed by atoms with Gasteiger partial charge < -0.3 is 15.5 Å². The smallest absolute Gasteiger partial charge is 0.244 e. The predicted molar refractivity (Wildman–Crippen MR) is 75.5 cm³/mol. The average molecular weight is 275 g/mol. The number of rotatable bonds is 4. The topological polar surface area (TPSA) is 98.8 Å². The van der Waals surface area contributed by atoms with Crippen LogP contribution in [0.4, 0.5) is 11.8 Å². The van der Waals surface area contributed by atoms with Crippen molar-refractivity contribution in [2.75, 3.05) is 30.8 Å². The number of carbonyl (C=O) groups excluding carboxylic acids is 1. The van der Waals surface area contributed by atoms with Crippen LogP contribution in [-0.2, 0) is 4.79 Å². The molecule has 0 bridgehead atoms. The maximum absolute atomic E-state index is 12.0. The van der Waals surface area contributed by atoms with Gasteiger partial charge in [-0.2, -0.15) is 15.1 Å². The second-order valence-electron chi connectivity index (χ2n) is 4.80. The molecular weight excluding hydrogens is 258 g/mol. The summed E-state index contributed by atoms with van der Waals surface area (Å²) in [5.74, 6) is 1.24. The molecule has 20 heavy (non-hydrogen) atoms. The molecule has 106 valence electrons. The van der Waals surface area contributed by atoms with Crippen molar-refractivity contribution in [1.29, 1.82) is 0 Å². The van der Waals surface area contributed by atoms with Gasteiger partial charge in [0.25, 0.3) is 0 Å². The Morgan fingerprint density at radius 3 is 3.05 bits per heavy atom. The highest BCUT2D eigenvalue weighted by Gasteiger charge is 2.29. The van der Waals surface area contributed by atoms with E-state index in [-0.39, 0.29) is 11.9 Å². The Morgan fingerprint density at radius 2 is 2.35 bits per heavy atom. The van der Waals surface area contributed by atoms with Crippen LogP contribution in [0.5, 0.6) is 0 Å². The number of amides is 1. The molecule has 1 atom stereocenters. The third-order valence-corrected chi connectivity index (χ3v) is 3.38. The third-order valence-electron chi connectivity index (χ3n) is 3.38. The molecule has 1 unspecified atom stereocenters. The highest BCUT2D eigenvalue weighted by molar-refractivity contribution is 5.91. The van der Waals surface area contributed by atoms with E-state index in [0.29, 0.717) is 17.4 Å². The summed E-state index contributed by atoms with van der Waals surface area (Å²) in [7, 11) is 1.81. The van der Waals surface area contributed by atoms with Crippen LogP contribution in [0, 0.1) is 0 Å². The zero-order valence-corrected chi connectivity index (χ0v) is 11.5. The lowest BCUT2D eigenvalue weighted by molar-refractivity contribution is -0.127. The minimum Gasteiger partial charge on any atom is -0.358 e. The molecule has 2 aromatic rings. The lowest BCUT2D eigenvalue weighted by Crippen LogP contribution is -2.31.